The molecule has 2 aromatic rings. The molecule has 16 heteroatoms. The van der Waals surface area contributed by atoms with Crippen LogP contribution in [0.15, 0.2) is 73.3 Å². The van der Waals surface area contributed by atoms with Gasteiger partial charge in [0.15, 0.2) is 0 Å². The lowest BCUT2D eigenvalue weighted by Gasteiger charge is -2.31. The van der Waals surface area contributed by atoms with E-state index < -0.39 is 36.0 Å². The van der Waals surface area contributed by atoms with Crippen LogP contribution in [0.3, 0.4) is 0 Å². The first-order valence-electron chi connectivity index (χ1n) is 21.9. The lowest BCUT2D eigenvalue weighted by molar-refractivity contribution is -0.138. The van der Waals surface area contributed by atoms with Crippen LogP contribution in [0.25, 0.3) is 0 Å². The zero-order valence-corrected chi connectivity index (χ0v) is 37.2. The average Bonchev–Trinajstić information content (AvgIpc) is 3.24. The van der Waals surface area contributed by atoms with E-state index in [1.165, 1.54) is 27.8 Å². The van der Waals surface area contributed by atoms with Crippen molar-refractivity contribution >= 4 is 35.6 Å². The van der Waals surface area contributed by atoms with Gasteiger partial charge >= 0.3 is 6.09 Å². The van der Waals surface area contributed by atoms with Gasteiger partial charge in [-0.05, 0) is 68.7 Å². The zero-order valence-electron chi connectivity index (χ0n) is 37.2. The second-order valence-electron chi connectivity index (χ2n) is 16.1. The van der Waals surface area contributed by atoms with Gasteiger partial charge in [-0.15, -0.1) is 0 Å². The van der Waals surface area contributed by atoms with E-state index in [1.54, 1.807) is 0 Å². The van der Waals surface area contributed by atoms with Crippen molar-refractivity contribution in [2.75, 3.05) is 66.0 Å². The van der Waals surface area contributed by atoms with Gasteiger partial charge in [-0.2, -0.15) is 0 Å². The smallest absolute Gasteiger partial charge is 0.410 e. The molecule has 0 aromatic heterocycles. The molecule has 0 bridgehead atoms. The van der Waals surface area contributed by atoms with Crippen LogP contribution in [0.5, 0.6) is 0 Å². The summed E-state index contributed by atoms with van der Waals surface area (Å²) in [7, 11) is 1.50. The predicted octanol–water partition coefficient (Wildman–Crippen LogP) is 2.49. The molecule has 0 saturated heterocycles. The van der Waals surface area contributed by atoms with E-state index in [4.69, 9.17) is 21.9 Å². The number of aryl methyl sites for hydroxylation is 1. The molecule has 0 aliphatic carbocycles. The normalized spacial score (nSPS) is 12.4. The number of ether oxygens (including phenoxy) is 1. The Balaban J connectivity index is 2.44. The van der Waals surface area contributed by atoms with Gasteiger partial charge in [-0.3, -0.25) is 28.9 Å². The Morgan fingerprint density at radius 2 is 1.23 bits per heavy atom. The number of carbonyl (C=O) groups excluding carboxylic acids is 6. The number of hydrogen-bond donors (Lipinski definition) is 6. The largest absolute Gasteiger partial charge is 0.445 e. The summed E-state index contributed by atoms with van der Waals surface area (Å²) in [5.74, 6) is -1.76. The predicted molar refractivity (Wildman–Crippen MR) is 242 cm³/mol. The molecule has 0 aliphatic heterocycles. The summed E-state index contributed by atoms with van der Waals surface area (Å²) in [5, 5.41) is 8.66. The molecular weight excluding hydrogens is 791 g/mol. The van der Waals surface area contributed by atoms with Crippen molar-refractivity contribution in [1.29, 1.82) is 0 Å². The number of nitrogens with two attached hydrogens (primary N) is 3. The summed E-state index contributed by atoms with van der Waals surface area (Å²) < 4.78 is 5.29. The van der Waals surface area contributed by atoms with Crippen LogP contribution in [0.1, 0.15) is 76.3 Å². The second kappa shape index (κ2) is 30.7. The highest BCUT2D eigenvalue weighted by molar-refractivity contribution is 5.86. The number of likely N-dealkylation sites (N-methyl/N-ethyl adjacent to an activating group) is 1. The number of benzene rings is 2. The quantitative estimate of drug-likeness (QED) is 0.0479. The highest BCUT2D eigenvalue weighted by Crippen LogP contribution is 2.12. The van der Waals surface area contributed by atoms with Gasteiger partial charge in [0.1, 0.15) is 13.2 Å². The molecule has 3 atom stereocenters. The minimum Gasteiger partial charge on any atom is -0.445 e. The highest BCUT2D eigenvalue weighted by atomic mass is 16.6. The maximum absolute atomic E-state index is 14.2. The SMILES string of the molecule is C=CCOC(=O)N(CC(=O)N[C@@H](Cc1ccccc1)CN(CC(=O)N[C@@H](CCCCN)CN(CC(=O)NC)C(=O)CC(C)C)C(=O)CCc1ccccc1)C[C@@H](N)CCCCN. The summed E-state index contributed by atoms with van der Waals surface area (Å²) in [6, 6.07) is 17.3. The van der Waals surface area contributed by atoms with Crippen LogP contribution in [0.2, 0.25) is 0 Å². The summed E-state index contributed by atoms with van der Waals surface area (Å²) in [6.07, 6.45) is 5.75. The fraction of sp³-hybridized carbons (Fsp3) is 0.565. The monoisotopic (exact) mass is 864 g/mol. The first-order valence-corrected chi connectivity index (χ1v) is 21.9. The number of unbranched alkanes of at least 4 members (excludes halogenated alkanes) is 2. The van der Waals surface area contributed by atoms with E-state index in [-0.39, 0.29) is 82.4 Å². The van der Waals surface area contributed by atoms with Gasteiger partial charge in [0.25, 0.3) is 0 Å². The minimum absolute atomic E-state index is 0.0330. The van der Waals surface area contributed by atoms with E-state index >= 15 is 0 Å². The van der Waals surface area contributed by atoms with Gasteiger partial charge in [0.2, 0.25) is 29.5 Å². The van der Waals surface area contributed by atoms with Crippen LogP contribution < -0.4 is 33.2 Å². The molecule has 0 spiro atoms. The van der Waals surface area contributed by atoms with Crippen molar-refractivity contribution in [1.82, 2.24) is 30.7 Å². The van der Waals surface area contributed by atoms with E-state index in [0.29, 0.717) is 51.6 Å². The van der Waals surface area contributed by atoms with Crippen molar-refractivity contribution in [3.05, 3.63) is 84.4 Å². The van der Waals surface area contributed by atoms with Gasteiger partial charge in [-0.25, -0.2) is 4.79 Å². The number of rotatable bonds is 31. The molecule has 0 unspecified atom stereocenters. The Labute approximate surface area is 368 Å². The van der Waals surface area contributed by atoms with E-state index in [0.717, 1.165) is 24.0 Å². The van der Waals surface area contributed by atoms with Crippen LogP contribution in [0.4, 0.5) is 4.79 Å². The van der Waals surface area contributed by atoms with Crippen LogP contribution in [0, 0.1) is 5.92 Å². The van der Waals surface area contributed by atoms with Crippen molar-refractivity contribution in [3.8, 4) is 0 Å². The summed E-state index contributed by atoms with van der Waals surface area (Å²) in [4.78, 5) is 85.1. The maximum Gasteiger partial charge on any atom is 0.410 e. The molecular formula is C46H73N9O7. The lowest BCUT2D eigenvalue weighted by atomic mass is 10.0. The molecule has 2 aromatic carbocycles. The zero-order chi connectivity index (χ0) is 45.7. The first kappa shape index (κ1) is 52.8. The molecule has 16 nitrogen and oxygen atoms in total. The molecule has 0 heterocycles. The molecule has 0 fully saturated rings. The van der Waals surface area contributed by atoms with E-state index in [2.05, 4.69) is 22.5 Å². The number of nitrogens with zero attached hydrogens (tertiary/aromatic N) is 3. The van der Waals surface area contributed by atoms with E-state index in [9.17, 15) is 28.8 Å². The second-order valence-corrected chi connectivity index (χ2v) is 16.1. The van der Waals surface area contributed by atoms with Crippen LogP contribution in [-0.2, 0) is 41.6 Å². The topological polar surface area (TPSA) is 236 Å². The van der Waals surface area contributed by atoms with Gasteiger partial charge in [0, 0.05) is 51.6 Å². The lowest BCUT2D eigenvalue weighted by Crippen LogP contribution is -2.54. The average molecular weight is 864 g/mol. The Bertz CT molecular complexity index is 1650. The molecule has 2 rings (SSSR count). The molecule has 344 valence electrons. The Morgan fingerprint density at radius 1 is 0.694 bits per heavy atom. The summed E-state index contributed by atoms with van der Waals surface area (Å²) in [6.45, 7) is 7.62. The van der Waals surface area contributed by atoms with Crippen molar-refractivity contribution < 1.29 is 33.5 Å². The van der Waals surface area contributed by atoms with Crippen molar-refractivity contribution in [2.45, 2.75) is 96.2 Å². The van der Waals surface area contributed by atoms with Gasteiger partial charge in [0.05, 0.1) is 19.1 Å². The van der Waals surface area contributed by atoms with Crippen LogP contribution >= 0.6 is 0 Å². The third-order valence-electron chi connectivity index (χ3n) is 10.1. The van der Waals surface area contributed by atoms with Crippen molar-refractivity contribution in [2.24, 2.45) is 23.1 Å². The molecule has 62 heavy (non-hydrogen) atoms. The Hall–Kier alpha value is -5.32. The minimum atomic E-state index is -0.718. The van der Waals surface area contributed by atoms with Gasteiger partial charge < -0.3 is 47.7 Å². The third kappa shape index (κ3) is 22.5. The third-order valence-corrected chi connectivity index (χ3v) is 10.1. The molecule has 0 aliphatic rings. The number of hydrogen-bond acceptors (Lipinski definition) is 10. The Kier molecular flexibility index (Phi) is 26.1. The fourth-order valence-electron chi connectivity index (χ4n) is 6.87. The molecule has 9 N–H and O–H groups in total. The first-order chi connectivity index (χ1) is 29.8. The Morgan fingerprint density at radius 3 is 1.81 bits per heavy atom. The van der Waals surface area contributed by atoms with Gasteiger partial charge in [-0.1, -0.05) is 100 Å². The maximum atomic E-state index is 14.2. The molecule has 0 radical (unpaired) electrons. The molecule has 6 amide bonds. The number of nitrogens with one attached hydrogen (secondary N) is 3. The fourth-order valence-corrected chi connectivity index (χ4v) is 6.87. The number of carbonyl (C=O) groups is 6. The highest BCUT2D eigenvalue weighted by Gasteiger charge is 2.28. The molecule has 0 saturated carbocycles. The van der Waals surface area contributed by atoms with E-state index in [1.807, 2.05) is 74.5 Å². The summed E-state index contributed by atoms with van der Waals surface area (Å²) >= 11 is 0. The standard InChI is InChI=1S/C46H73N9O7/c1-5-26-62-46(61)55(29-38(49)20-12-14-24-47)34-43(58)52-40(28-37-18-10-7-11-19-37)31-53(44(59)23-22-36-16-8-6-9-17-36)33-42(57)51-39(21-13-15-25-48)30-54(32-41(56)50-4)45(60)27-35(2)3/h5-11,16-19,35,38-40H,1,12-15,20-34,47-49H2,2-4H3,(H,50,56)(H,51,57)(H,52,58)/t38-,39-,40-/m0/s1. The van der Waals surface area contributed by atoms with Crippen molar-refractivity contribution in [3.63, 3.8) is 0 Å². The van der Waals surface area contributed by atoms with Crippen LogP contribution in [-0.4, -0.2) is 134 Å². The number of amides is 6. The summed E-state index contributed by atoms with van der Waals surface area (Å²) in [5.41, 5.74) is 19.6.